The van der Waals surface area contributed by atoms with E-state index in [4.69, 9.17) is 26.3 Å². The summed E-state index contributed by atoms with van der Waals surface area (Å²) < 4.78 is 11.6. The van der Waals surface area contributed by atoms with E-state index < -0.39 is 25.1 Å². The maximum absolute atomic E-state index is 12.2. The third-order valence-electron chi connectivity index (χ3n) is 3.62. The maximum atomic E-state index is 12.2. The minimum absolute atomic E-state index is 0.257. The molecule has 0 aliphatic carbocycles. The lowest BCUT2D eigenvalue weighted by Crippen LogP contribution is -2.24. The zero-order chi connectivity index (χ0) is 20.6. The van der Waals surface area contributed by atoms with E-state index in [2.05, 4.69) is 15.4 Å². The summed E-state index contributed by atoms with van der Waals surface area (Å²) in [5.74, 6) is -1.07. The van der Waals surface area contributed by atoms with Gasteiger partial charge in [-0.3, -0.25) is 4.79 Å². The van der Waals surface area contributed by atoms with Gasteiger partial charge in [-0.25, -0.2) is 14.5 Å². The van der Waals surface area contributed by atoms with Crippen LogP contribution in [0.1, 0.15) is 5.56 Å². The molecule has 0 radical (unpaired) electrons. The van der Waals surface area contributed by atoms with Crippen LogP contribution in [0.25, 0.3) is 5.69 Å². The lowest BCUT2D eigenvalue weighted by atomic mass is 10.2. The van der Waals surface area contributed by atoms with Crippen LogP contribution in [-0.2, 0) is 14.3 Å². The third-order valence-corrected chi connectivity index (χ3v) is 3.85. The fourth-order valence-electron chi connectivity index (χ4n) is 2.34. The number of aromatic nitrogens is 3. The quantitative estimate of drug-likeness (QED) is 0.592. The van der Waals surface area contributed by atoms with E-state index in [1.165, 1.54) is 17.3 Å². The Balaban J connectivity index is 1.55. The number of carbonyl (C=O) groups is 2. The van der Waals surface area contributed by atoms with Crippen molar-refractivity contribution < 1.29 is 19.1 Å². The molecule has 0 atom stereocenters. The zero-order valence-corrected chi connectivity index (χ0v) is 15.7. The number of hydrogen-bond acceptors (Lipinski definition) is 7. The van der Waals surface area contributed by atoms with Gasteiger partial charge in [-0.15, -0.1) is 0 Å². The lowest BCUT2D eigenvalue weighted by Gasteiger charge is -2.12. The second-order valence-electron chi connectivity index (χ2n) is 5.61. The highest BCUT2D eigenvalue weighted by atomic mass is 35.5. The normalized spacial score (nSPS) is 10.1. The predicted molar refractivity (Wildman–Crippen MR) is 103 cm³/mol. The number of esters is 1. The number of halogens is 1. The van der Waals surface area contributed by atoms with Crippen molar-refractivity contribution in [3.8, 4) is 17.5 Å². The first-order valence-corrected chi connectivity index (χ1v) is 8.66. The minimum Gasteiger partial charge on any atom is -0.481 e. The van der Waals surface area contributed by atoms with Gasteiger partial charge >= 0.3 is 5.97 Å². The molecule has 1 N–H and O–H groups in total. The standard InChI is InChI=1S/C19H14ClN5O4/c20-14-5-6-16(25-12-22-11-23-25)15(7-14)24-18(26)9-29-19(27)10-28-17-4-2-1-3-13(17)8-21/h1-7,11-12H,9-10H2,(H,24,26). The number of anilines is 1. The van der Waals surface area contributed by atoms with Crippen LogP contribution in [0.2, 0.25) is 5.02 Å². The summed E-state index contributed by atoms with van der Waals surface area (Å²) in [6.07, 6.45) is 2.82. The van der Waals surface area contributed by atoms with Gasteiger partial charge in [0.1, 0.15) is 24.5 Å². The Labute approximate surface area is 170 Å². The number of carbonyl (C=O) groups excluding carboxylic acids is 2. The molecule has 146 valence electrons. The smallest absolute Gasteiger partial charge is 0.344 e. The number of hydrogen-bond donors (Lipinski definition) is 1. The molecule has 1 heterocycles. The molecule has 0 aliphatic rings. The number of nitrogens with one attached hydrogen (secondary N) is 1. The zero-order valence-electron chi connectivity index (χ0n) is 14.9. The van der Waals surface area contributed by atoms with E-state index in [9.17, 15) is 9.59 Å². The van der Waals surface area contributed by atoms with E-state index in [0.29, 0.717) is 22.0 Å². The second kappa shape index (κ2) is 9.34. The molecule has 2 aromatic carbocycles. The summed E-state index contributed by atoms with van der Waals surface area (Å²) in [6, 6.07) is 13.3. The molecule has 0 bridgehead atoms. The molecular formula is C19H14ClN5O4. The molecule has 0 spiro atoms. The van der Waals surface area contributed by atoms with Crippen LogP contribution >= 0.6 is 11.6 Å². The molecule has 10 heteroatoms. The lowest BCUT2D eigenvalue weighted by molar-refractivity contribution is -0.149. The van der Waals surface area contributed by atoms with Crippen LogP contribution in [0.3, 0.4) is 0 Å². The average Bonchev–Trinajstić information content (AvgIpc) is 3.25. The van der Waals surface area contributed by atoms with Crippen LogP contribution in [0, 0.1) is 11.3 Å². The molecule has 1 amide bonds. The number of amides is 1. The fourth-order valence-corrected chi connectivity index (χ4v) is 2.51. The predicted octanol–water partition coefficient (Wildman–Crippen LogP) is 2.35. The highest BCUT2D eigenvalue weighted by molar-refractivity contribution is 6.31. The molecule has 1 aromatic heterocycles. The van der Waals surface area contributed by atoms with Crippen molar-refractivity contribution in [1.82, 2.24) is 14.8 Å². The molecule has 3 rings (SSSR count). The van der Waals surface area contributed by atoms with E-state index in [1.807, 2.05) is 6.07 Å². The second-order valence-corrected chi connectivity index (χ2v) is 6.04. The van der Waals surface area contributed by atoms with Crippen LogP contribution in [0.5, 0.6) is 5.75 Å². The van der Waals surface area contributed by atoms with Gasteiger partial charge in [0.2, 0.25) is 0 Å². The highest BCUT2D eigenvalue weighted by Crippen LogP contribution is 2.24. The van der Waals surface area contributed by atoms with Gasteiger partial charge < -0.3 is 14.8 Å². The van der Waals surface area contributed by atoms with Crippen LogP contribution in [0.4, 0.5) is 5.69 Å². The van der Waals surface area contributed by atoms with E-state index in [1.54, 1.807) is 42.5 Å². The average molecular weight is 412 g/mol. The van der Waals surface area contributed by atoms with Crippen molar-refractivity contribution in [3.63, 3.8) is 0 Å². The van der Waals surface area contributed by atoms with Gasteiger partial charge in [0.15, 0.2) is 13.2 Å². The topological polar surface area (TPSA) is 119 Å². The molecule has 29 heavy (non-hydrogen) atoms. The van der Waals surface area contributed by atoms with Crippen molar-refractivity contribution in [1.29, 1.82) is 5.26 Å². The Kier molecular flexibility index (Phi) is 6.40. The third kappa shape index (κ3) is 5.31. The van der Waals surface area contributed by atoms with Crippen LogP contribution < -0.4 is 10.1 Å². The molecule has 0 unspecified atom stereocenters. The number of rotatable bonds is 7. The highest BCUT2D eigenvalue weighted by Gasteiger charge is 2.13. The molecule has 3 aromatic rings. The number of nitrogens with zero attached hydrogens (tertiary/aromatic N) is 4. The van der Waals surface area contributed by atoms with Crippen molar-refractivity contribution in [3.05, 3.63) is 65.7 Å². The first kappa shape index (κ1) is 19.9. The monoisotopic (exact) mass is 411 g/mol. The largest absolute Gasteiger partial charge is 0.481 e. The summed E-state index contributed by atoms with van der Waals surface area (Å²) in [4.78, 5) is 27.9. The maximum Gasteiger partial charge on any atom is 0.344 e. The summed E-state index contributed by atoms with van der Waals surface area (Å²) in [5, 5.41) is 16.0. The number of para-hydroxylation sites is 1. The number of ether oxygens (including phenoxy) is 2. The van der Waals surface area contributed by atoms with Crippen molar-refractivity contribution in [2.45, 2.75) is 0 Å². The summed E-state index contributed by atoms with van der Waals surface area (Å²) in [6.45, 7) is -0.960. The van der Waals surface area contributed by atoms with Gasteiger partial charge in [-0.05, 0) is 30.3 Å². The SMILES string of the molecule is N#Cc1ccccc1OCC(=O)OCC(=O)Nc1cc(Cl)ccc1-n1cncn1. The van der Waals surface area contributed by atoms with E-state index >= 15 is 0 Å². The Hall–Kier alpha value is -3.90. The van der Waals surface area contributed by atoms with Crippen molar-refractivity contribution in [2.75, 3.05) is 18.5 Å². The molecule has 0 saturated heterocycles. The molecule has 9 nitrogen and oxygen atoms in total. The van der Waals surface area contributed by atoms with Crippen molar-refractivity contribution in [2.24, 2.45) is 0 Å². The van der Waals surface area contributed by atoms with Gasteiger partial charge in [0, 0.05) is 5.02 Å². The Morgan fingerprint density at radius 3 is 2.79 bits per heavy atom. The van der Waals surface area contributed by atoms with E-state index in [-0.39, 0.29) is 5.75 Å². The van der Waals surface area contributed by atoms with E-state index in [0.717, 1.165) is 0 Å². The van der Waals surface area contributed by atoms with Gasteiger partial charge in [0.25, 0.3) is 5.91 Å². The molecule has 0 fully saturated rings. The first-order chi connectivity index (χ1) is 14.1. The Morgan fingerprint density at radius 1 is 1.21 bits per heavy atom. The molecule has 0 aliphatic heterocycles. The van der Waals surface area contributed by atoms with Crippen LogP contribution in [-0.4, -0.2) is 39.9 Å². The fraction of sp³-hybridized carbons (Fsp3) is 0.105. The molecular weight excluding hydrogens is 398 g/mol. The van der Waals surface area contributed by atoms with Gasteiger partial charge in [-0.1, -0.05) is 23.7 Å². The number of benzene rings is 2. The first-order valence-electron chi connectivity index (χ1n) is 8.29. The van der Waals surface area contributed by atoms with Gasteiger partial charge in [0.05, 0.1) is 16.9 Å². The van der Waals surface area contributed by atoms with Crippen LogP contribution in [0.15, 0.2) is 55.1 Å². The summed E-state index contributed by atoms with van der Waals surface area (Å²) >= 11 is 5.99. The Morgan fingerprint density at radius 2 is 2.03 bits per heavy atom. The van der Waals surface area contributed by atoms with Gasteiger partial charge in [-0.2, -0.15) is 10.4 Å². The number of nitriles is 1. The minimum atomic E-state index is -0.754. The molecule has 0 saturated carbocycles. The van der Waals surface area contributed by atoms with Crippen molar-refractivity contribution >= 4 is 29.2 Å². The Bertz CT molecular complexity index is 1060. The summed E-state index contributed by atoms with van der Waals surface area (Å²) in [7, 11) is 0. The summed E-state index contributed by atoms with van der Waals surface area (Å²) in [5.41, 5.74) is 1.21.